The molecule has 2 heterocycles. The molecule has 1 amide bonds. The Morgan fingerprint density at radius 3 is 3.12 bits per heavy atom. The molecule has 1 saturated heterocycles. The number of nitrogens with one attached hydrogen (secondary N) is 2. The Bertz CT molecular complexity index is 458. The smallest absolute Gasteiger partial charge is 0.267 e. The summed E-state index contributed by atoms with van der Waals surface area (Å²) in [6.07, 6.45) is 0.701. The number of hydrogen-bond donors (Lipinski definition) is 3. The first kappa shape index (κ1) is 12.0. The fourth-order valence-electron chi connectivity index (χ4n) is 1.67. The van der Waals surface area contributed by atoms with E-state index in [1.165, 1.54) is 0 Å². The normalized spacial score (nSPS) is 23.3. The highest BCUT2D eigenvalue weighted by Crippen LogP contribution is 2.26. The summed E-state index contributed by atoms with van der Waals surface area (Å²) >= 11 is 1.68. The van der Waals surface area contributed by atoms with Crippen molar-refractivity contribution in [2.24, 2.45) is 0 Å². The second-order valence-corrected chi connectivity index (χ2v) is 5.21. The third-order valence-electron chi connectivity index (χ3n) is 2.71. The van der Waals surface area contributed by atoms with Crippen molar-refractivity contribution in [3.63, 3.8) is 0 Å². The lowest BCUT2D eigenvalue weighted by molar-refractivity contribution is 0.0611. The lowest BCUT2D eigenvalue weighted by Crippen LogP contribution is -2.43. The third-order valence-corrected chi connectivity index (χ3v) is 3.95. The molecule has 1 aromatic heterocycles. The van der Waals surface area contributed by atoms with Crippen LogP contribution in [0.5, 0.6) is 0 Å². The maximum absolute atomic E-state index is 11.7. The van der Waals surface area contributed by atoms with Crippen molar-refractivity contribution in [1.29, 1.82) is 5.26 Å². The van der Waals surface area contributed by atoms with Crippen LogP contribution in [0.15, 0.2) is 12.1 Å². The molecule has 0 bridgehead atoms. The number of aliphatic hydroxyl groups is 1. The first-order valence-corrected chi connectivity index (χ1v) is 6.46. The second-order valence-electron chi connectivity index (χ2n) is 4.11. The zero-order valence-electron chi connectivity index (χ0n) is 9.19. The molecule has 1 atom stereocenters. The van der Waals surface area contributed by atoms with Crippen LogP contribution in [-0.4, -0.2) is 39.6 Å². The van der Waals surface area contributed by atoms with Crippen molar-refractivity contribution >= 4 is 17.7 Å². The predicted molar refractivity (Wildman–Crippen MR) is 64.7 cm³/mol. The van der Waals surface area contributed by atoms with Crippen LogP contribution in [0.25, 0.3) is 0 Å². The van der Waals surface area contributed by atoms with Gasteiger partial charge in [-0.3, -0.25) is 4.79 Å². The summed E-state index contributed by atoms with van der Waals surface area (Å²) in [6, 6.07) is 5.03. The molecule has 5 nitrogen and oxygen atoms in total. The number of carbonyl (C=O) groups excluding carboxylic acids is 1. The largest absolute Gasteiger partial charge is 0.387 e. The second kappa shape index (κ2) is 4.82. The van der Waals surface area contributed by atoms with Gasteiger partial charge in [-0.05, 0) is 24.3 Å². The average molecular weight is 251 g/mol. The minimum atomic E-state index is -0.787. The number of aromatic nitrogens is 1. The fraction of sp³-hybridized carbons (Fsp3) is 0.455. The van der Waals surface area contributed by atoms with Crippen molar-refractivity contribution < 1.29 is 9.90 Å². The van der Waals surface area contributed by atoms with Gasteiger partial charge >= 0.3 is 0 Å². The quantitative estimate of drug-likeness (QED) is 0.729. The summed E-state index contributed by atoms with van der Waals surface area (Å²) in [4.78, 5) is 14.4. The number of aromatic amines is 1. The average Bonchev–Trinajstić information content (AvgIpc) is 2.95. The summed E-state index contributed by atoms with van der Waals surface area (Å²) in [5, 5.41) is 21.3. The Kier molecular flexibility index (Phi) is 3.41. The van der Waals surface area contributed by atoms with Gasteiger partial charge in [-0.25, -0.2) is 0 Å². The standard InChI is InChI=1S/C11H13N3O2S/c12-5-8-1-2-9(14-8)10(15)13-6-11(16)3-4-17-7-11/h1-2,14,16H,3-4,6-7H2,(H,13,15). The molecule has 0 spiro atoms. The monoisotopic (exact) mass is 251 g/mol. The summed E-state index contributed by atoms with van der Waals surface area (Å²) in [5.41, 5.74) is -0.0913. The van der Waals surface area contributed by atoms with Gasteiger partial charge in [0.2, 0.25) is 0 Å². The molecular weight excluding hydrogens is 238 g/mol. The highest BCUT2D eigenvalue weighted by molar-refractivity contribution is 7.99. The highest BCUT2D eigenvalue weighted by Gasteiger charge is 2.32. The molecule has 1 fully saturated rings. The van der Waals surface area contributed by atoms with Gasteiger partial charge in [-0.1, -0.05) is 0 Å². The molecule has 1 unspecified atom stereocenters. The minimum Gasteiger partial charge on any atom is -0.387 e. The SMILES string of the molecule is N#Cc1ccc(C(=O)NCC2(O)CCSC2)[nH]1. The molecule has 1 aliphatic heterocycles. The van der Waals surface area contributed by atoms with E-state index in [-0.39, 0.29) is 12.5 Å². The van der Waals surface area contributed by atoms with Gasteiger partial charge in [0.15, 0.2) is 0 Å². The summed E-state index contributed by atoms with van der Waals surface area (Å²) in [5.74, 6) is 1.28. The molecule has 17 heavy (non-hydrogen) atoms. The maximum Gasteiger partial charge on any atom is 0.267 e. The van der Waals surface area contributed by atoms with Crippen LogP contribution in [0.3, 0.4) is 0 Å². The van der Waals surface area contributed by atoms with E-state index >= 15 is 0 Å². The van der Waals surface area contributed by atoms with E-state index in [4.69, 9.17) is 5.26 Å². The molecule has 3 N–H and O–H groups in total. The summed E-state index contributed by atoms with van der Waals surface area (Å²) in [7, 11) is 0. The molecule has 2 rings (SSSR count). The van der Waals surface area contributed by atoms with E-state index in [1.807, 2.05) is 6.07 Å². The van der Waals surface area contributed by atoms with Crippen LogP contribution in [0.4, 0.5) is 0 Å². The molecule has 0 aromatic carbocycles. The van der Waals surface area contributed by atoms with E-state index in [0.717, 1.165) is 5.75 Å². The lowest BCUT2D eigenvalue weighted by atomic mass is 10.0. The Hall–Kier alpha value is -1.45. The van der Waals surface area contributed by atoms with Crippen molar-refractivity contribution in [3.8, 4) is 6.07 Å². The van der Waals surface area contributed by atoms with Gasteiger partial charge in [0, 0.05) is 12.3 Å². The molecule has 90 valence electrons. The zero-order chi connectivity index (χ0) is 12.3. The topological polar surface area (TPSA) is 88.9 Å². The van der Waals surface area contributed by atoms with Gasteiger partial charge in [0.05, 0.1) is 5.60 Å². The minimum absolute atomic E-state index is 0.250. The zero-order valence-corrected chi connectivity index (χ0v) is 10.0. The van der Waals surface area contributed by atoms with Gasteiger partial charge in [-0.15, -0.1) is 0 Å². The van der Waals surface area contributed by atoms with Crippen LogP contribution < -0.4 is 5.32 Å². The number of carbonyl (C=O) groups is 1. The van der Waals surface area contributed by atoms with Gasteiger partial charge in [0.1, 0.15) is 17.5 Å². The van der Waals surface area contributed by atoms with E-state index in [0.29, 0.717) is 23.6 Å². The number of amides is 1. The van der Waals surface area contributed by atoms with E-state index in [2.05, 4.69) is 10.3 Å². The number of hydrogen-bond acceptors (Lipinski definition) is 4. The van der Waals surface area contributed by atoms with Crippen molar-refractivity contribution in [2.75, 3.05) is 18.1 Å². The van der Waals surface area contributed by atoms with Crippen LogP contribution >= 0.6 is 11.8 Å². The maximum atomic E-state index is 11.7. The highest BCUT2D eigenvalue weighted by atomic mass is 32.2. The summed E-state index contributed by atoms with van der Waals surface area (Å²) < 4.78 is 0. The Balaban J connectivity index is 1.91. The molecule has 1 aromatic rings. The number of thioether (sulfide) groups is 1. The van der Waals surface area contributed by atoms with Crippen LogP contribution in [0.1, 0.15) is 22.6 Å². The lowest BCUT2D eigenvalue weighted by Gasteiger charge is -2.21. The predicted octanol–water partition coefficient (Wildman–Crippen LogP) is 0.484. The molecule has 0 saturated carbocycles. The first-order chi connectivity index (χ1) is 8.13. The number of nitriles is 1. The Labute approximate surface area is 103 Å². The first-order valence-electron chi connectivity index (χ1n) is 5.30. The summed E-state index contributed by atoms with van der Waals surface area (Å²) in [6.45, 7) is 0.250. The van der Waals surface area contributed by atoms with Crippen molar-refractivity contribution in [3.05, 3.63) is 23.5 Å². The van der Waals surface area contributed by atoms with Gasteiger partial charge in [0.25, 0.3) is 5.91 Å². The number of rotatable bonds is 3. The number of H-pyrrole nitrogens is 1. The molecule has 0 radical (unpaired) electrons. The fourth-order valence-corrected chi connectivity index (χ4v) is 2.96. The molecule has 1 aliphatic rings. The molecule has 6 heteroatoms. The Morgan fingerprint density at radius 2 is 2.53 bits per heavy atom. The van der Waals surface area contributed by atoms with E-state index in [1.54, 1.807) is 23.9 Å². The van der Waals surface area contributed by atoms with E-state index < -0.39 is 5.60 Å². The van der Waals surface area contributed by atoms with Crippen molar-refractivity contribution in [2.45, 2.75) is 12.0 Å². The van der Waals surface area contributed by atoms with E-state index in [9.17, 15) is 9.90 Å². The molecular formula is C11H13N3O2S. The van der Waals surface area contributed by atoms with Crippen molar-refractivity contribution in [1.82, 2.24) is 10.3 Å². The van der Waals surface area contributed by atoms with Crippen LogP contribution in [0, 0.1) is 11.3 Å². The molecule has 0 aliphatic carbocycles. The van der Waals surface area contributed by atoms with Crippen LogP contribution in [-0.2, 0) is 0 Å². The third kappa shape index (κ3) is 2.81. The number of nitrogens with zero attached hydrogens (tertiary/aromatic N) is 1. The van der Waals surface area contributed by atoms with Gasteiger partial charge < -0.3 is 15.4 Å². The Morgan fingerprint density at radius 1 is 1.71 bits per heavy atom. The van der Waals surface area contributed by atoms with Crippen LogP contribution in [0.2, 0.25) is 0 Å². The van der Waals surface area contributed by atoms with Gasteiger partial charge in [-0.2, -0.15) is 17.0 Å².